The van der Waals surface area contributed by atoms with Crippen molar-refractivity contribution in [2.75, 3.05) is 13.1 Å². The Morgan fingerprint density at radius 1 is 0.812 bits per heavy atom. The van der Waals surface area contributed by atoms with Gasteiger partial charge in [0.1, 0.15) is 11.4 Å². The van der Waals surface area contributed by atoms with Crippen LogP contribution in [-0.4, -0.2) is 72.9 Å². The number of ether oxygens (including phenoxy) is 1. The third kappa shape index (κ3) is 11.1. The summed E-state index contributed by atoms with van der Waals surface area (Å²) in [5.74, 6) is 0.504. The number of hydrogen-bond donors (Lipinski definition) is 4. The molecule has 2 heterocycles. The standard InChI is InChI=1S/C51H61N7O5S/c1-35-36(2)47(37(3)42-30-51(4,5)63-46(35)42)64(61,62)56-49(52)53-28-18-27-44-48(59)57(32-40-23-14-8-15-24-40)34-45(58(44)33-41-25-16-9-17-26-41)43(29-38-19-10-6-11-20-38)55-50(60)54-31-39-21-12-7-13-22-39/h6-17,19-26,43-45H,18,27-34H2,1-5H3,(H3,52,53,56)(H2,54,55,60)/t43-,44-,45?/m0/s1. The number of piperazine rings is 1. The molecular weight excluding hydrogens is 823 g/mol. The average molecular weight is 884 g/mol. The number of carbonyl (C=O) groups is 2. The monoisotopic (exact) mass is 883 g/mol. The highest BCUT2D eigenvalue weighted by atomic mass is 32.2. The summed E-state index contributed by atoms with van der Waals surface area (Å²) in [4.78, 5) is 37.5. The lowest BCUT2D eigenvalue weighted by atomic mass is 9.91. The van der Waals surface area contributed by atoms with E-state index >= 15 is 0 Å². The number of nitrogens with two attached hydrogens (primary N) is 1. The van der Waals surface area contributed by atoms with Crippen LogP contribution >= 0.6 is 0 Å². The van der Waals surface area contributed by atoms with Crippen LogP contribution in [0, 0.1) is 20.8 Å². The Kier molecular flexibility index (Phi) is 14.4. The number of sulfonamides is 1. The van der Waals surface area contributed by atoms with Gasteiger partial charge < -0.3 is 26.0 Å². The van der Waals surface area contributed by atoms with Crippen LogP contribution in [0.15, 0.2) is 131 Å². The summed E-state index contributed by atoms with van der Waals surface area (Å²) in [5, 5.41) is 6.41. The van der Waals surface area contributed by atoms with Gasteiger partial charge in [-0.25, -0.2) is 17.9 Å². The lowest BCUT2D eigenvalue weighted by Gasteiger charge is -2.49. The number of rotatable bonds is 16. The Morgan fingerprint density at radius 3 is 1.98 bits per heavy atom. The maximum atomic E-state index is 14.8. The van der Waals surface area contributed by atoms with E-state index in [4.69, 9.17) is 10.5 Å². The largest absolute Gasteiger partial charge is 0.487 e. The minimum atomic E-state index is -4.09. The average Bonchev–Trinajstić information content (AvgIpc) is 3.62. The van der Waals surface area contributed by atoms with Crippen molar-refractivity contribution in [1.82, 2.24) is 25.2 Å². The number of fused-ring (bicyclic) bond motifs is 1. The van der Waals surface area contributed by atoms with Gasteiger partial charge in [0, 0.05) is 50.7 Å². The molecule has 1 saturated heterocycles. The molecule has 0 aliphatic carbocycles. The maximum Gasteiger partial charge on any atom is 0.315 e. The first-order valence-corrected chi connectivity index (χ1v) is 23.6. The van der Waals surface area contributed by atoms with Crippen LogP contribution in [-0.2, 0) is 47.3 Å². The van der Waals surface area contributed by atoms with Crippen molar-refractivity contribution in [2.24, 2.45) is 10.7 Å². The summed E-state index contributed by atoms with van der Waals surface area (Å²) >= 11 is 0. The van der Waals surface area contributed by atoms with E-state index in [1.807, 2.05) is 130 Å². The van der Waals surface area contributed by atoms with Gasteiger partial charge in [0.2, 0.25) is 11.9 Å². The normalized spacial score (nSPS) is 17.9. The van der Waals surface area contributed by atoms with Crippen LogP contribution in [0.25, 0.3) is 0 Å². The van der Waals surface area contributed by atoms with Gasteiger partial charge in [0.15, 0.2) is 0 Å². The lowest BCUT2D eigenvalue weighted by Crippen LogP contribution is -2.67. The molecule has 0 spiro atoms. The Bertz CT molecular complexity index is 2540. The highest BCUT2D eigenvalue weighted by molar-refractivity contribution is 7.90. The van der Waals surface area contributed by atoms with E-state index in [1.54, 1.807) is 6.92 Å². The van der Waals surface area contributed by atoms with Gasteiger partial charge in [0.05, 0.1) is 17.0 Å². The van der Waals surface area contributed by atoms with Gasteiger partial charge in [-0.15, -0.1) is 0 Å². The first-order valence-electron chi connectivity index (χ1n) is 22.1. The van der Waals surface area contributed by atoms with E-state index in [-0.39, 0.29) is 35.4 Å². The number of hydrogen-bond acceptors (Lipinski definition) is 7. The summed E-state index contributed by atoms with van der Waals surface area (Å²) in [6, 6.07) is 38.3. The number of benzene rings is 5. The minimum absolute atomic E-state index is 0.0224. The molecule has 3 atom stereocenters. The van der Waals surface area contributed by atoms with Crippen molar-refractivity contribution in [3.8, 4) is 5.75 Å². The quantitative estimate of drug-likeness (QED) is 0.0468. The van der Waals surface area contributed by atoms with Crippen molar-refractivity contribution >= 4 is 27.9 Å². The van der Waals surface area contributed by atoms with Gasteiger partial charge in [-0.2, -0.15) is 0 Å². The molecule has 2 aliphatic rings. The molecule has 64 heavy (non-hydrogen) atoms. The molecule has 336 valence electrons. The molecule has 0 aromatic heterocycles. The van der Waals surface area contributed by atoms with Gasteiger partial charge >= 0.3 is 6.03 Å². The first kappa shape index (κ1) is 45.8. The number of nitrogens with one attached hydrogen (secondary N) is 3. The van der Waals surface area contributed by atoms with Crippen molar-refractivity contribution in [1.29, 1.82) is 0 Å². The summed E-state index contributed by atoms with van der Waals surface area (Å²) in [6.07, 6.45) is 1.97. The highest BCUT2D eigenvalue weighted by Gasteiger charge is 2.44. The second-order valence-electron chi connectivity index (χ2n) is 17.6. The summed E-state index contributed by atoms with van der Waals surface area (Å²) < 4.78 is 36.6. The Hall–Kier alpha value is -6.18. The van der Waals surface area contributed by atoms with E-state index in [1.165, 1.54) is 0 Å². The van der Waals surface area contributed by atoms with Crippen molar-refractivity contribution < 1.29 is 22.7 Å². The molecule has 5 N–H and O–H groups in total. The number of guanidine groups is 1. The molecule has 3 amide bonds. The summed E-state index contributed by atoms with van der Waals surface area (Å²) in [6.45, 7) is 11.3. The Balaban J connectivity index is 1.16. The van der Waals surface area contributed by atoms with Crippen LogP contribution in [0.1, 0.15) is 71.2 Å². The summed E-state index contributed by atoms with van der Waals surface area (Å²) in [5.41, 5.74) is 12.9. The fourth-order valence-electron chi connectivity index (χ4n) is 9.12. The van der Waals surface area contributed by atoms with Crippen molar-refractivity contribution in [3.63, 3.8) is 0 Å². The van der Waals surface area contributed by atoms with Crippen LogP contribution in [0.2, 0.25) is 0 Å². The third-order valence-electron chi connectivity index (χ3n) is 12.3. The number of urea groups is 1. The van der Waals surface area contributed by atoms with E-state index in [9.17, 15) is 18.0 Å². The zero-order valence-electron chi connectivity index (χ0n) is 37.5. The maximum absolute atomic E-state index is 14.8. The van der Waals surface area contributed by atoms with Gasteiger partial charge in [0.25, 0.3) is 10.0 Å². The molecule has 2 aliphatic heterocycles. The molecule has 0 saturated carbocycles. The fourth-order valence-corrected chi connectivity index (χ4v) is 10.6. The van der Waals surface area contributed by atoms with Crippen LogP contribution < -0.4 is 25.8 Å². The zero-order valence-corrected chi connectivity index (χ0v) is 38.3. The van der Waals surface area contributed by atoms with Gasteiger partial charge in [-0.05, 0) is 92.8 Å². The molecule has 0 radical (unpaired) electrons. The number of aliphatic imine (C=N–C) groups is 1. The van der Waals surface area contributed by atoms with Gasteiger partial charge in [-0.3, -0.25) is 14.7 Å². The second kappa shape index (κ2) is 20.1. The second-order valence-corrected chi connectivity index (χ2v) is 19.2. The fraction of sp³-hybridized carbons (Fsp3) is 0.353. The Morgan fingerprint density at radius 2 is 1.38 bits per heavy atom. The highest BCUT2D eigenvalue weighted by Crippen LogP contribution is 2.43. The molecule has 5 aromatic rings. The predicted molar refractivity (Wildman–Crippen MR) is 252 cm³/mol. The predicted octanol–water partition coefficient (Wildman–Crippen LogP) is 7.09. The SMILES string of the molecule is Cc1c(C)c(S(=O)(=O)NC(N)=NCCC[C@H]2C(=O)N(Cc3ccccc3)CC([C@H](Cc3ccccc3)NC(=O)NCc3ccccc3)N2Cc2ccccc2)c(C)c2c1OC(C)(C)C2. The molecule has 12 nitrogen and oxygen atoms in total. The van der Waals surface area contributed by atoms with Crippen LogP contribution in [0.5, 0.6) is 5.75 Å². The molecule has 0 bridgehead atoms. The Labute approximate surface area is 378 Å². The number of amides is 3. The smallest absolute Gasteiger partial charge is 0.315 e. The van der Waals surface area contributed by atoms with Crippen LogP contribution in [0.3, 0.4) is 0 Å². The first-order chi connectivity index (χ1) is 30.7. The molecule has 1 fully saturated rings. The summed E-state index contributed by atoms with van der Waals surface area (Å²) in [7, 11) is -4.09. The van der Waals surface area contributed by atoms with E-state index < -0.39 is 27.7 Å². The molecular formula is C51H61N7O5S. The molecule has 1 unspecified atom stereocenters. The topological polar surface area (TPSA) is 158 Å². The third-order valence-corrected chi connectivity index (χ3v) is 14.0. The van der Waals surface area contributed by atoms with E-state index in [2.05, 4.69) is 49.5 Å². The molecule has 13 heteroatoms. The molecule has 5 aromatic carbocycles. The zero-order chi connectivity index (χ0) is 45.4. The number of carbonyl (C=O) groups excluding carboxylic acids is 2. The van der Waals surface area contributed by atoms with Gasteiger partial charge in [-0.1, -0.05) is 121 Å². The lowest BCUT2D eigenvalue weighted by molar-refractivity contribution is -0.148. The van der Waals surface area contributed by atoms with E-state index in [0.717, 1.165) is 39.1 Å². The van der Waals surface area contributed by atoms with E-state index in [0.29, 0.717) is 63.0 Å². The van der Waals surface area contributed by atoms with Crippen LogP contribution in [0.4, 0.5) is 4.79 Å². The minimum Gasteiger partial charge on any atom is -0.487 e. The van der Waals surface area contributed by atoms with Crippen molar-refractivity contribution in [3.05, 3.63) is 166 Å². The number of nitrogens with zero attached hydrogens (tertiary/aromatic N) is 3. The van der Waals surface area contributed by atoms with Crippen molar-refractivity contribution in [2.45, 2.75) is 109 Å². The molecule has 7 rings (SSSR count).